The van der Waals surface area contributed by atoms with Crippen LogP contribution in [0.1, 0.15) is 26.2 Å². The molecule has 1 aromatic heterocycles. The first kappa shape index (κ1) is 25.8. The molecule has 1 saturated carbocycles. The van der Waals surface area contributed by atoms with E-state index in [1.807, 2.05) is 6.92 Å². The van der Waals surface area contributed by atoms with Crippen LogP contribution in [0.2, 0.25) is 5.02 Å². The van der Waals surface area contributed by atoms with E-state index in [-0.39, 0.29) is 28.7 Å². The second kappa shape index (κ2) is 10.5. The van der Waals surface area contributed by atoms with Crippen molar-refractivity contribution in [1.29, 1.82) is 0 Å². The molecule has 3 aromatic rings. The Hall–Kier alpha value is -2.85. The van der Waals surface area contributed by atoms with Gasteiger partial charge in [-0.1, -0.05) is 18.5 Å². The number of nitrogens with zero attached hydrogens (tertiary/aromatic N) is 3. The summed E-state index contributed by atoms with van der Waals surface area (Å²) in [5.74, 6) is 1.35. The number of hydrogen-bond donors (Lipinski definition) is 2. The summed E-state index contributed by atoms with van der Waals surface area (Å²) < 4.78 is 26.7. The summed E-state index contributed by atoms with van der Waals surface area (Å²) in [5, 5.41) is 13.2. The number of methoxy groups -OCH3 is 1. The smallest absolute Gasteiger partial charge is 0.407 e. The zero-order valence-corrected chi connectivity index (χ0v) is 22.7. The minimum absolute atomic E-state index is 0.0314. The van der Waals surface area contributed by atoms with Crippen molar-refractivity contribution in [2.45, 2.75) is 32.2 Å². The molecule has 2 unspecified atom stereocenters. The molecule has 196 valence electrons. The third-order valence-electron chi connectivity index (χ3n) is 7.46. The molecule has 2 aliphatic rings. The standard InChI is InChI=1S/C26H27BrClFN4O4/c1-3-21-16-9-13(8-14(16)11-33(21)26(34)35)12-37-25-31-19-6-4-15(36-2)10-17(19)24(32-25)30-20-7-5-18(27)22(28)23(20)29/h4-7,10,13-14,16,21H,3,8-9,11-12H2,1-2H3,(H,34,35)(H,30,31,32)/t13?,14-,16-,21?/m0/s1. The summed E-state index contributed by atoms with van der Waals surface area (Å²) in [5.41, 5.74) is 0.780. The van der Waals surface area contributed by atoms with Crippen molar-refractivity contribution in [2.75, 3.05) is 25.6 Å². The monoisotopic (exact) mass is 592 g/mol. The van der Waals surface area contributed by atoms with E-state index in [4.69, 9.17) is 21.1 Å². The molecule has 2 fully saturated rings. The average molecular weight is 594 g/mol. The minimum Gasteiger partial charge on any atom is -0.497 e. The van der Waals surface area contributed by atoms with Gasteiger partial charge in [0.05, 0.1) is 29.9 Å². The Morgan fingerprint density at radius 1 is 1.30 bits per heavy atom. The summed E-state index contributed by atoms with van der Waals surface area (Å²) >= 11 is 9.31. The first-order valence-corrected chi connectivity index (χ1v) is 13.3. The molecule has 11 heteroatoms. The molecule has 0 spiro atoms. The van der Waals surface area contributed by atoms with Crippen LogP contribution in [0.25, 0.3) is 10.9 Å². The number of anilines is 2. The Morgan fingerprint density at radius 3 is 2.84 bits per heavy atom. The molecule has 0 bridgehead atoms. The van der Waals surface area contributed by atoms with Crippen molar-refractivity contribution in [1.82, 2.24) is 14.9 Å². The molecule has 4 atom stereocenters. The topological polar surface area (TPSA) is 96.8 Å². The molecular formula is C26H27BrClFN4O4. The fraction of sp³-hybridized carbons (Fsp3) is 0.423. The number of carbonyl (C=O) groups is 1. The molecule has 1 saturated heterocycles. The molecule has 1 amide bonds. The quantitative estimate of drug-likeness (QED) is 0.293. The van der Waals surface area contributed by atoms with Crippen LogP contribution in [0, 0.1) is 23.6 Å². The number of aromatic nitrogens is 2. The van der Waals surface area contributed by atoms with Crippen LogP contribution in [0.5, 0.6) is 11.8 Å². The van der Waals surface area contributed by atoms with Crippen LogP contribution in [-0.4, -0.2) is 52.4 Å². The number of rotatable bonds is 7. The van der Waals surface area contributed by atoms with E-state index in [1.54, 1.807) is 42.3 Å². The maximum absolute atomic E-state index is 14.8. The van der Waals surface area contributed by atoms with Gasteiger partial charge in [0.25, 0.3) is 0 Å². The number of amides is 1. The van der Waals surface area contributed by atoms with Crippen LogP contribution in [-0.2, 0) is 0 Å². The van der Waals surface area contributed by atoms with E-state index in [9.17, 15) is 14.3 Å². The van der Waals surface area contributed by atoms with Crippen LogP contribution < -0.4 is 14.8 Å². The summed E-state index contributed by atoms with van der Waals surface area (Å²) in [4.78, 5) is 22.3. The lowest BCUT2D eigenvalue weighted by molar-refractivity contribution is 0.128. The van der Waals surface area contributed by atoms with E-state index in [0.29, 0.717) is 51.9 Å². The van der Waals surface area contributed by atoms with Crippen molar-refractivity contribution in [3.05, 3.63) is 45.6 Å². The lowest BCUT2D eigenvalue weighted by Gasteiger charge is -2.25. The van der Waals surface area contributed by atoms with Crippen molar-refractivity contribution in [2.24, 2.45) is 17.8 Å². The van der Waals surface area contributed by atoms with E-state index in [0.717, 1.165) is 19.3 Å². The van der Waals surface area contributed by atoms with Gasteiger partial charge in [0.15, 0.2) is 5.82 Å². The van der Waals surface area contributed by atoms with Gasteiger partial charge in [-0.25, -0.2) is 9.18 Å². The summed E-state index contributed by atoms with van der Waals surface area (Å²) in [6.07, 6.45) is 1.79. The molecule has 1 aliphatic carbocycles. The van der Waals surface area contributed by atoms with Crippen molar-refractivity contribution in [3.8, 4) is 11.8 Å². The normalized spacial score (nSPS) is 22.8. The lowest BCUT2D eigenvalue weighted by Crippen LogP contribution is -2.37. The van der Waals surface area contributed by atoms with Crippen molar-refractivity contribution >= 4 is 56.0 Å². The highest BCUT2D eigenvalue weighted by Crippen LogP contribution is 2.46. The highest BCUT2D eigenvalue weighted by Gasteiger charge is 2.48. The fourth-order valence-electron chi connectivity index (χ4n) is 5.77. The largest absolute Gasteiger partial charge is 0.497 e. The maximum Gasteiger partial charge on any atom is 0.407 e. The second-order valence-corrected chi connectivity index (χ2v) is 10.8. The Bertz CT molecular complexity index is 1350. The van der Waals surface area contributed by atoms with Gasteiger partial charge < -0.3 is 24.8 Å². The van der Waals surface area contributed by atoms with Gasteiger partial charge in [0.2, 0.25) is 0 Å². The fourth-order valence-corrected chi connectivity index (χ4v) is 6.24. The summed E-state index contributed by atoms with van der Waals surface area (Å²) in [6, 6.07) is 8.82. The van der Waals surface area contributed by atoms with Crippen LogP contribution in [0.4, 0.5) is 20.7 Å². The molecule has 5 rings (SSSR count). The minimum atomic E-state index is -0.834. The Labute approximate surface area is 227 Å². The van der Waals surface area contributed by atoms with Gasteiger partial charge in [0, 0.05) is 22.4 Å². The SMILES string of the molecule is CCC1[C@H]2CC(COc3nc(Nc4ccc(Br)c(Cl)c4F)c4cc(OC)ccc4n3)C[C@H]2CN1C(=O)O. The van der Waals surface area contributed by atoms with Gasteiger partial charge in [-0.05, 0) is 83.3 Å². The van der Waals surface area contributed by atoms with Gasteiger partial charge in [0.1, 0.15) is 11.6 Å². The van der Waals surface area contributed by atoms with Crippen LogP contribution >= 0.6 is 27.5 Å². The second-order valence-electron chi connectivity index (χ2n) is 9.57. The maximum atomic E-state index is 14.8. The highest BCUT2D eigenvalue weighted by atomic mass is 79.9. The number of hydrogen-bond acceptors (Lipinski definition) is 6. The van der Waals surface area contributed by atoms with Gasteiger partial charge in [-0.3, -0.25) is 0 Å². The predicted molar refractivity (Wildman–Crippen MR) is 142 cm³/mol. The molecule has 37 heavy (non-hydrogen) atoms. The summed E-state index contributed by atoms with van der Waals surface area (Å²) in [6.45, 7) is 3.05. The first-order valence-electron chi connectivity index (χ1n) is 12.2. The van der Waals surface area contributed by atoms with Crippen molar-refractivity contribution in [3.63, 3.8) is 0 Å². The first-order chi connectivity index (χ1) is 17.8. The number of nitrogens with one attached hydrogen (secondary N) is 1. The highest BCUT2D eigenvalue weighted by molar-refractivity contribution is 9.10. The van der Waals surface area contributed by atoms with Crippen LogP contribution in [0.3, 0.4) is 0 Å². The lowest BCUT2D eigenvalue weighted by atomic mass is 9.92. The number of carboxylic acid groups (broad SMARTS) is 1. The van der Waals surface area contributed by atoms with Gasteiger partial charge in [-0.2, -0.15) is 9.97 Å². The molecule has 0 radical (unpaired) electrons. The third kappa shape index (κ3) is 5.01. The van der Waals surface area contributed by atoms with E-state index < -0.39 is 11.9 Å². The zero-order chi connectivity index (χ0) is 26.3. The third-order valence-corrected chi connectivity index (χ3v) is 8.71. The molecular weight excluding hydrogens is 567 g/mol. The van der Waals surface area contributed by atoms with Gasteiger partial charge >= 0.3 is 12.1 Å². The number of fused-ring (bicyclic) bond motifs is 2. The molecule has 8 nitrogen and oxygen atoms in total. The predicted octanol–water partition coefficient (Wildman–Crippen LogP) is 6.73. The number of benzene rings is 2. The molecule has 1 aliphatic heterocycles. The van der Waals surface area contributed by atoms with Crippen LogP contribution in [0.15, 0.2) is 34.8 Å². The number of likely N-dealkylation sites (tertiary alicyclic amines) is 1. The Kier molecular flexibility index (Phi) is 7.31. The zero-order valence-electron chi connectivity index (χ0n) is 20.4. The molecule has 2 heterocycles. The average Bonchev–Trinajstić information content (AvgIpc) is 3.45. The number of halogens is 3. The number of ether oxygens (including phenoxy) is 2. The van der Waals surface area contributed by atoms with E-state index >= 15 is 0 Å². The molecule has 2 aromatic carbocycles. The Morgan fingerprint density at radius 2 is 2.11 bits per heavy atom. The van der Waals surface area contributed by atoms with Crippen molar-refractivity contribution < 1.29 is 23.8 Å². The summed E-state index contributed by atoms with van der Waals surface area (Å²) in [7, 11) is 1.57. The molecule has 2 N–H and O–H groups in total. The Balaban J connectivity index is 1.37. The van der Waals surface area contributed by atoms with Gasteiger partial charge in [-0.15, -0.1) is 0 Å². The van der Waals surface area contributed by atoms with E-state index in [2.05, 4.69) is 31.2 Å². The van der Waals surface area contributed by atoms with E-state index in [1.165, 1.54) is 0 Å².